The number of nitrogens with one attached hydrogen (secondary N) is 1. The Morgan fingerprint density at radius 3 is 3.00 bits per heavy atom. The Kier molecular flexibility index (Phi) is 3.94. The van der Waals surface area contributed by atoms with E-state index in [0.717, 1.165) is 12.6 Å². The van der Waals surface area contributed by atoms with Crippen LogP contribution in [0.15, 0.2) is 0 Å². The van der Waals surface area contributed by atoms with E-state index in [1.807, 2.05) is 11.3 Å². The first-order valence-corrected chi connectivity index (χ1v) is 8.68. The topological polar surface area (TPSA) is 28.2 Å². The minimum atomic E-state index is 0.530. The molecule has 0 amide bonds. The molecule has 0 aromatic carbocycles. The van der Waals surface area contributed by atoms with Gasteiger partial charge in [0.2, 0.25) is 0 Å². The van der Waals surface area contributed by atoms with E-state index in [2.05, 4.69) is 35.9 Å². The number of thiazole rings is 1. The predicted molar refractivity (Wildman–Crippen MR) is 79.4 cm³/mol. The normalized spacial score (nSPS) is 25.6. The summed E-state index contributed by atoms with van der Waals surface area (Å²) >= 11 is 3.97. The Labute approximate surface area is 117 Å². The first-order chi connectivity index (χ1) is 8.74. The van der Waals surface area contributed by atoms with Crippen molar-refractivity contribution in [2.75, 3.05) is 25.1 Å². The summed E-state index contributed by atoms with van der Waals surface area (Å²) in [6.07, 6.45) is 2.71. The van der Waals surface area contributed by atoms with E-state index >= 15 is 0 Å². The molecule has 2 fully saturated rings. The number of aryl methyl sites for hydroxylation is 1. The van der Waals surface area contributed by atoms with Crippen molar-refractivity contribution in [3.63, 3.8) is 0 Å². The molecule has 18 heavy (non-hydrogen) atoms. The molecule has 0 spiro atoms. The fraction of sp³-hybridized carbons (Fsp3) is 0.769. The highest BCUT2D eigenvalue weighted by molar-refractivity contribution is 7.99. The van der Waals surface area contributed by atoms with Gasteiger partial charge in [0, 0.05) is 35.5 Å². The Morgan fingerprint density at radius 1 is 1.44 bits per heavy atom. The number of aromatic nitrogens is 1. The van der Waals surface area contributed by atoms with Gasteiger partial charge >= 0.3 is 0 Å². The molecule has 2 aliphatic rings. The van der Waals surface area contributed by atoms with Gasteiger partial charge in [0.15, 0.2) is 0 Å². The Hall–Kier alpha value is -0.100. The molecule has 1 aliphatic heterocycles. The van der Waals surface area contributed by atoms with Crippen molar-refractivity contribution in [2.24, 2.45) is 0 Å². The van der Waals surface area contributed by atoms with E-state index in [1.165, 1.54) is 46.5 Å². The average molecular weight is 283 g/mol. The van der Waals surface area contributed by atoms with Crippen molar-refractivity contribution in [3.8, 4) is 0 Å². The number of hydrogen-bond donors (Lipinski definition) is 1. The van der Waals surface area contributed by atoms with Crippen LogP contribution in [0.4, 0.5) is 0 Å². The third kappa shape index (κ3) is 2.90. The maximum Gasteiger partial charge on any atom is 0.111 e. The lowest BCUT2D eigenvalue weighted by Gasteiger charge is -2.30. The van der Waals surface area contributed by atoms with Crippen molar-refractivity contribution in [2.45, 2.75) is 38.4 Å². The summed E-state index contributed by atoms with van der Waals surface area (Å²) in [4.78, 5) is 8.69. The molecule has 3 rings (SSSR count). The quantitative estimate of drug-likeness (QED) is 0.918. The summed E-state index contributed by atoms with van der Waals surface area (Å²) in [5, 5.41) is 4.91. The summed E-state index contributed by atoms with van der Waals surface area (Å²) in [7, 11) is 2.23. The van der Waals surface area contributed by atoms with Crippen molar-refractivity contribution in [1.82, 2.24) is 15.2 Å². The molecule has 5 heteroatoms. The molecule has 1 aromatic heterocycles. The third-order valence-electron chi connectivity index (χ3n) is 3.72. The van der Waals surface area contributed by atoms with Gasteiger partial charge in [-0.15, -0.1) is 11.3 Å². The summed E-state index contributed by atoms with van der Waals surface area (Å²) in [5.41, 5.74) is 1.23. The Bertz CT molecular complexity index is 414. The smallest absolute Gasteiger partial charge is 0.111 e. The van der Waals surface area contributed by atoms with E-state index in [-0.39, 0.29) is 0 Å². The van der Waals surface area contributed by atoms with Gasteiger partial charge in [-0.05, 0) is 26.8 Å². The van der Waals surface area contributed by atoms with Gasteiger partial charge in [-0.3, -0.25) is 4.90 Å². The molecule has 0 radical (unpaired) electrons. The van der Waals surface area contributed by atoms with Gasteiger partial charge in [0.05, 0.1) is 11.7 Å². The zero-order valence-corrected chi connectivity index (χ0v) is 12.7. The van der Waals surface area contributed by atoms with Gasteiger partial charge in [-0.1, -0.05) is 0 Å². The van der Waals surface area contributed by atoms with Gasteiger partial charge in [-0.25, -0.2) is 4.98 Å². The van der Waals surface area contributed by atoms with Crippen LogP contribution in [0.25, 0.3) is 0 Å². The molecular weight excluding hydrogens is 262 g/mol. The Morgan fingerprint density at radius 2 is 2.28 bits per heavy atom. The van der Waals surface area contributed by atoms with Crippen LogP contribution in [-0.2, 0) is 6.54 Å². The van der Waals surface area contributed by atoms with Crippen molar-refractivity contribution in [1.29, 1.82) is 0 Å². The molecule has 1 aliphatic carbocycles. The largest absolute Gasteiger partial charge is 0.309 e. The highest BCUT2D eigenvalue weighted by Crippen LogP contribution is 2.32. The second kappa shape index (κ2) is 5.49. The van der Waals surface area contributed by atoms with Crippen LogP contribution in [-0.4, -0.2) is 41.0 Å². The molecule has 0 bridgehead atoms. The van der Waals surface area contributed by atoms with Gasteiger partial charge in [0.25, 0.3) is 0 Å². The molecule has 1 unspecified atom stereocenters. The van der Waals surface area contributed by atoms with Crippen LogP contribution in [0.1, 0.15) is 34.5 Å². The summed E-state index contributed by atoms with van der Waals surface area (Å²) < 4.78 is 0. The lowest BCUT2D eigenvalue weighted by Crippen LogP contribution is -2.32. The lowest BCUT2D eigenvalue weighted by atomic mass is 10.3. The SMILES string of the molecule is Cc1nc(C2CSCCN2C)sc1CNC1CC1. The highest BCUT2D eigenvalue weighted by Gasteiger charge is 2.25. The number of rotatable bonds is 4. The minimum absolute atomic E-state index is 0.530. The highest BCUT2D eigenvalue weighted by atomic mass is 32.2. The van der Waals surface area contributed by atoms with E-state index in [1.54, 1.807) is 0 Å². The van der Waals surface area contributed by atoms with Crippen LogP contribution in [0.5, 0.6) is 0 Å². The van der Waals surface area contributed by atoms with Crippen LogP contribution in [0, 0.1) is 6.92 Å². The number of thioether (sulfide) groups is 1. The summed E-state index contributed by atoms with van der Waals surface area (Å²) in [6, 6.07) is 1.31. The molecule has 1 aromatic rings. The molecule has 1 atom stereocenters. The molecule has 100 valence electrons. The van der Waals surface area contributed by atoms with Crippen molar-refractivity contribution in [3.05, 3.63) is 15.6 Å². The van der Waals surface area contributed by atoms with Crippen LogP contribution in [0.3, 0.4) is 0 Å². The number of hydrogen-bond acceptors (Lipinski definition) is 5. The van der Waals surface area contributed by atoms with Gasteiger partial charge in [-0.2, -0.15) is 11.8 Å². The third-order valence-corrected chi connectivity index (χ3v) is 6.00. The van der Waals surface area contributed by atoms with Crippen LogP contribution >= 0.6 is 23.1 Å². The summed E-state index contributed by atoms with van der Waals surface area (Å²) in [5.74, 6) is 2.45. The average Bonchev–Trinajstić information content (AvgIpc) is 3.11. The number of nitrogens with zero attached hydrogens (tertiary/aromatic N) is 2. The fourth-order valence-electron chi connectivity index (χ4n) is 2.23. The zero-order valence-electron chi connectivity index (χ0n) is 11.1. The van der Waals surface area contributed by atoms with E-state index in [9.17, 15) is 0 Å². The monoisotopic (exact) mass is 283 g/mol. The minimum Gasteiger partial charge on any atom is -0.309 e. The lowest BCUT2D eigenvalue weighted by molar-refractivity contribution is 0.274. The molecule has 3 nitrogen and oxygen atoms in total. The molecule has 1 saturated heterocycles. The second-order valence-electron chi connectivity index (χ2n) is 5.29. The van der Waals surface area contributed by atoms with E-state index in [0.29, 0.717) is 6.04 Å². The second-order valence-corrected chi connectivity index (χ2v) is 7.55. The predicted octanol–water partition coefficient (Wildman–Crippen LogP) is 2.42. The first-order valence-electron chi connectivity index (χ1n) is 6.71. The van der Waals surface area contributed by atoms with E-state index in [4.69, 9.17) is 4.98 Å². The van der Waals surface area contributed by atoms with Gasteiger partial charge < -0.3 is 5.32 Å². The zero-order chi connectivity index (χ0) is 12.5. The molecule has 1 N–H and O–H groups in total. The standard InChI is InChI=1S/C13H21N3S2/c1-9-12(7-14-10-3-4-10)18-13(15-9)11-8-17-6-5-16(11)2/h10-11,14H,3-8H2,1-2H3. The van der Waals surface area contributed by atoms with E-state index < -0.39 is 0 Å². The fourth-order valence-corrected chi connectivity index (χ4v) is 4.74. The van der Waals surface area contributed by atoms with Crippen LogP contribution in [0.2, 0.25) is 0 Å². The van der Waals surface area contributed by atoms with Crippen LogP contribution < -0.4 is 5.32 Å². The molecule has 1 saturated carbocycles. The molecule has 2 heterocycles. The maximum absolute atomic E-state index is 4.81. The maximum atomic E-state index is 4.81. The summed E-state index contributed by atoms with van der Waals surface area (Å²) in [6.45, 7) is 4.35. The van der Waals surface area contributed by atoms with Crippen molar-refractivity contribution >= 4 is 23.1 Å². The van der Waals surface area contributed by atoms with Gasteiger partial charge in [0.1, 0.15) is 5.01 Å². The first kappa shape index (κ1) is 12.9. The Balaban J connectivity index is 1.69. The molecular formula is C13H21N3S2. The van der Waals surface area contributed by atoms with Crippen molar-refractivity contribution < 1.29 is 0 Å².